The van der Waals surface area contributed by atoms with Crippen molar-refractivity contribution in [2.45, 2.75) is 38.8 Å². The van der Waals surface area contributed by atoms with Crippen molar-refractivity contribution in [1.29, 1.82) is 0 Å². The molecule has 16 heteroatoms. The fraction of sp³-hybridized carbons (Fsp3) is 0.400. The highest BCUT2D eigenvalue weighted by Crippen LogP contribution is 2.36. The number of piperidine rings is 1. The van der Waals surface area contributed by atoms with E-state index in [4.69, 9.17) is 10.5 Å². The van der Waals surface area contributed by atoms with Gasteiger partial charge in [0.2, 0.25) is 17.4 Å². The summed E-state index contributed by atoms with van der Waals surface area (Å²) < 4.78 is 10.9. The van der Waals surface area contributed by atoms with Gasteiger partial charge in [0.1, 0.15) is 0 Å². The van der Waals surface area contributed by atoms with Crippen LogP contribution in [0.25, 0.3) is 5.82 Å². The van der Waals surface area contributed by atoms with E-state index in [-0.39, 0.29) is 34.7 Å². The standard InChI is InChI=1S/C20H24N10O6/c1-11-5-3-4-6-28(11)10-14-16(23-27-29(14)19-18(21)25-36-26-19)20(32)24-22-9-12-7-13(30(33)34)17(31)15(8-12)35-2/h7-9,11,31H,3-6,10H2,1-2H3,(H2,21,25)(H,24,32). The minimum Gasteiger partial charge on any atom is -0.500 e. The topological polar surface area (TPSA) is 213 Å². The van der Waals surface area contributed by atoms with Gasteiger partial charge >= 0.3 is 5.69 Å². The molecule has 4 rings (SSSR count). The molecule has 1 aliphatic rings. The van der Waals surface area contributed by atoms with E-state index in [2.05, 4.69) is 47.6 Å². The number of hydrogen-bond acceptors (Lipinski definition) is 13. The number of aromatic hydroxyl groups is 1. The van der Waals surface area contributed by atoms with Gasteiger partial charge in [-0.2, -0.15) is 9.78 Å². The molecule has 1 fully saturated rings. The first-order valence-electron chi connectivity index (χ1n) is 11.0. The summed E-state index contributed by atoms with van der Waals surface area (Å²) in [6.45, 7) is 3.28. The Labute approximate surface area is 203 Å². The van der Waals surface area contributed by atoms with Gasteiger partial charge in [-0.3, -0.25) is 19.8 Å². The van der Waals surface area contributed by atoms with E-state index in [1.54, 1.807) is 0 Å². The van der Waals surface area contributed by atoms with E-state index in [0.717, 1.165) is 31.9 Å². The van der Waals surface area contributed by atoms with E-state index >= 15 is 0 Å². The van der Waals surface area contributed by atoms with Gasteiger partial charge in [0.05, 0.1) is 23.9 Å². The van der Waals surface area contributed by atoms with Crippen LogP contribution >= 0.6 is 0 Å². The molecule has 0 saturated carbocycles. The molecule has 1 saturated heterocycles. The smallest absolute Gasteiger partial charge is 0.315 e. The third-order valence-corrected chi connectivity index (χ3v) is 5.84. The predicted octanol–water partition coefficient (Wildman–Crippen LogP) is 0.993. The fourth-order valence-corrected chi connectivity index (χ4v) is 3.91. The highest BCUT2D eigenvalue weighted by atomic mass is 16.6. The minimum atomic E-state index is -0.760. The molecule has 2 aromatic heterocycles. The number of nitro groups is 1. The monoisotopic (exact) mass is 500 g/mol. The summed E-state index contributed by atoms with van der Waals surface area (Å²) in [6, 6.07) is 2.70. The first-order valence-corrected chi connectivity index (χ1v) is 11.0. The number of rotatable bonds is 8. The molecule has 1 aliphatic heterocycles. The third-order valence-electron chi connectivity index (χ3n) is 5.84. The Balaban J connectivity index is 1.60. The Morgan fingerprint density at radius 2 is 2.25 bits per heavy atom. The number of hydrogen-bond donors (Lipinski definition) is 3. The lowest BCUT2D eigenvalue weighted by atomic mass is 10.0. The summed E-state index contributed by atoms with van der Waals surface area (Å²) in [5.74, 6) is -1.31. The molecule has 3 heterocycles. The average Bonchev–Trinajstić information content (AvgIpc) is 3.46. The van der Waals surface area contributed by atoms with E-state index in [0.29, 0.717) is 12.2 Å². The minimum absolute atomic E-state index is 0.0124. The number of ether oxygens (including phenoxy) is 1. The highest BCUT2D eigenvalue weighted by molar-refractivity contribution is 5.94. The number of methoxy groups -OCH3 is 1. The van der Waals surface area contributed by atoms with Gasteiger partial charge in [-0.25, -0.2) is 10.1 Å². The maximum atomic E-state index is 13.0. The molecule has 16 nitrogen and oxygen atoms in total. The molecule has 3 aromatic rings. The van der Waals surface area contributed by atoms with Gasteiger partial charge < -0.3 is 15.6 Å². The second-order valence-corrected chi connectivity index (χ2v) is 8.13. The number of hydrazone groups is 1. The van der Waals surface area contributed by atoms with Crippen LogP contribution in [0.2, 0.25) is 0 Å². The maximum absolute atomic E-state index is 13.0. The van der Waals surface area contributed by atoms with Crippen LogP contribution in [0.15, 0.2) is 21.9 Å². The van der Waals surface area contributed by atoms with E-state index in [9.17, 15) is 20.0 Å². The van der Waals surface area contributed by atoms with E-state index in [1.165, 1.54) is 24.1 Å². The summed E-state index contributed by atoms with van der Waals surface area (Å²) in [7, 11) is 1.26. The summed E-state index contributed by atoms with van der Waals surface area (Å²) in [5, 5.41) is 40.3. The number of anilines is 1. The summed E-state index contributed by atoms with van der Waals surface area (Å²) in [5.41, 5.74) is 8.22. The number of carbonyl (C=O) groups excluding carboxylic acids is 1. The van der Waals surface area contributed by atoms with Gasteiger partial charge in [-0.05, 0) is 42.7 Å². The van der Waals surface area contributed by atoms with Gasteiger partial charge in [-0.15, -0.1) is 5.10 Å². The molecule has 36 heavy (non-hydrogen) atoms. The molecular formula is C20H24N10O6. The van der Waals surface area contributed by atoms with Gasteiger partial charge in [0.15, 0.2) is 11.4 Å². The van der Waals surface area contributed by atoms with Gasteiger partial charge in [0.25, 0.3) is 5.91 Å². The maximum Gasteiger partial charge on any atom is 0.315 e. The number of nitrogens with one attached hydrogen (secondary N) is 1. The van der Waals surface area contributed by atoms with Crippen LogP contribution in [0.3, 0.4) is 0 Å². The average molecular weight is 500 g/mol. The number of nitrogen functional groups attached to an aromatic ring is 1. The molecule has 1 aromatic carbocycles. The third kappa shape index (κ3) is 4.92. The van der Waals surface area contributed by atoms with Gasteiger partial charge in [0, 0.05) is 24.2 Å². The molecule has 0 aliphatic carbocycles. The van der Waals surface area contributed by atoms with Crippen LogP contribution in [-0.4, -0.2) is 72.1 Å². The number of nitrogens with zero attached hydrogens (tertiary/aromatic N) is 8. The van der Waals surface area contributed by atoms with E-state index in [1.807, 2.05) is 0 Å². The molecule has 0 bridgehead atoms. The number of amides is 1. The second kappa shape index (κ2) is 10.3. The van der Waals surface area contributed by atoms with Gasteiger partial charge in [-0.1, -0.05) is 11.6 Å². The van der Waals surface area contributed by atoms with Crippen molar-refractivity contribution in [3.05, 3.63) is 39.2 Å². The molecule has 1 amide bonds. The Morgan fingerprint density at radius 3 is 2.92 bits per heavy atom. The fourth-order valence-electron chi connectivity index (χ4n) is 3.91. The predicted molar refractivity (Wildman–Crippen MR) is 124 cm³/mol. The number of likely N-dealkylation sites (tertiary alicyclic amines) is 1. The zero-order valence-electron chi connectivity index (χ0n) is 19.5. The zero-order valence-corrected chi connectivity index (χ0v) is 19.5. The number of carbonyl (C=O) groups is 1. The summed E-state index contributed by atoms with van der Waals surface area (Å²) >= 11 is 0. The number of nitrogens with two attached hydrogens (primary N) is 1. The van der Waals surface area contributed by atoms with Crippen molar-refractivity contribution >= 4 is 23.6 Å². The first-order chi connectivity index (χ1) is 17.3. The van der Waals surface area contributed by atoms with Crippen molar-refractivity contribution in [3.8, 4) is 17.3 Å². The molecule has 0 spiro atoms. The molecule has 1 atom stereocenters. The zero-order chi connectivity index (χ0) is 25.8. The number of phenols is 1. The van der Waals surface area contributed by atoms with Crippen LogP contribution < -0.4 is 15.9 Å². The molecule has 0 radical (unpaired) electrons. The first kappa shape index (κ1) is 24.5. The number of aromatic nitrogens is 5. The number of benzene rings is 1. The van der Waals surface area contributed by atoms with Crippen molar-refractivity contribution < 1.29 is 24.2 Å². The Hall–Kier alpha value is -4.60. The Morgan fingerprint density at radius 1 is 1.44 bits per heavy atom. The van der Waals surface area contributed by atoms with Crippen LogP contribution in [0.1, 0.15) is 47.9 Å². The SMILES string of the molecule is COc1cc(C=NNC(=O)c2nnn(-c3nonc3N)c2CN2CCCCC2C)cc([N+](=O)[O-])c1O. The van der Waals surface area contributed by atoms with E-state index < -0.39 is 22.3 Å². The van der Waals surface area contributed by atoms with Crippen molar-refractivity contribution in [2.75, 3.05) is 19.4 Å². The Kier molecular flexibility index (Phi) is 7.05. The summed E-state index contributed by atoms with van der Waals surface area (Å²) in [4.78, 5) is 25.6. The lowest BCUT2D eigenvalue weighted by molar-refractivity contribution is -0.386. The van der Waals surface area contributed by atoms with Crippen LogP contribution in [-0.2, 0) is 6.54 Å². The Bertz CT molecular complexity index is 1300. The number of phenolic OH excluding ortho intramolecular Hbond substituents is 1. The van der Waals surface area contributed by atoms with Crippen molar-refractivity contribution in [2.24, 2.45) is 5.10 Å². The normalized spacial score (nSPS) is 16.3. The van der Waals surface area contributed by atoms with Crippen molar-refractivity contribution in [3.63, 3.8) is 0 Å². The molecule has 190 valence electrons. The largest absolute Gasteiger partial charge is 0.500 e. The lowest BCUT2D eigenvalue weighted by Crippen LogP contribution is -2.38. The molecular weight excluding hydrogens is 476 g/mol. The van der Waals surface area contributed by atoms with Crippen LogP contribution in [0.4, 0.5) is 11.5 Å². The number of nitro benzene ring substituents is 1. The van der Waals surface area contributed by atoms with Crippen LogP contribution in [0.5, 0.6) is 11.5 Å². The highest BCUT2D eigenvalue weighted by Gasteiger charge is 2.28. The second-order valence-electron chi connectivity index (χ2n) is 8.13. The van der Waals surface area contributed by atoms with Crippen molar-refractivity contribution in [1.82, 2.24) is 35.6 Å². The molecule has 1 unspecified atom stereocenters. The van der Waals surface area contributed by atoms with Crippen LogP contribution in [0, 0.1) is 10.1 Å². The lowest BCUT2D eigenvalue weighted by Gasteiger charge is -2.33. The summed E-state index contributed by atoms with van der Waals surface area (Å²) in [6.07, 6.45) is 4.33. The quantitative estimate of drug-likeness (QED) is 0.224. The molecule has 4 N–H and O–H groups in total.